The van der Waals surface area contributed by atoms with Gasteiger partial charge in [-0.3, -0.25) is 0 Å². The molecule has 0 aliphatic carbocycles. The van der Waals surface area contributed by atoms with Crippen LogP contribution in [0.15, 0.2) is 52.2 Å². The monoisotopic (exact) mass is 431 g/mol. The highest BCUT2D eigenvalue weighted by molar-refractivity contribution is 8.02. The Morgan fingerprint density at radius 2 is 2.25 bits per heavy atom. The highest BCUT2D eigenvalue weighted by Gasteiger charge is 2.14. The number of para-hydroxylation sites is 1. The summed E-state index contributed by atoms with van der Waals surface area (Å²) in [7, 11) is 2.06. The Morgan fingerprint density at radius 1 is 1.36 bits per heavy atom. The zero-order chi connectivity index (χ0) is 19.5. The summed E-state index contributed by atoms with van der Waals surface area (Å²) in [5, 5.41) is 12.7. The van der Waals surface area contributed by atoms with E-state index < -0.39 is 5.97 Å². The molecule has 4 aromatic rings. The van der Waals surface area contributed by atoms with E-state index in [1.165, 1.54) is 15.5 Å². The summed E-state index contributed by atoms with van der Waals surface area (Å²) in [6, 6.07) is 12.5. The summed E-state index contributed by atoms with van der Waals surface area (Å²) < 4.78 is 8.53. The average Bonchev–Trinajstić information content (AvgIpc) is 3.41. The van der Waals surface area contributed by atoms with Crippen LogP contribution in [-0.4, -0.2) is 34.7 Å². The van der Waals surface area contributed by atoms with Gasteiger partial charge in [0.05, 0.1) is 32.6 Å². The number of rotatable bonds is 8. The standard InChI is InChI=1S/C19H17N3O3S3/c1-22(28-17-6-3-7-26-17)15-5-2-4-12-8-14(21-18(12)15)19-20-9-13(27-19)10-25-11-16(23)24/h2-9,21H,10-11H2,1H3,(H,23,24). The molecule has 0 fully saturated rings. The molecule has 28 heavy (non-hydrogen) atoms. The van der Waals surface area contributed by atoms with Crippen molar-refractivity contribution in [3.05, 3.63) is 52.9 Å². The van der Waals surface area contributed by atoms with Crippen LogP contribution in [0.5, 0.6) is 0 Å². The molecule has 1 aromatic carbocycles. The third kappa shape index (κ3) is 4.22. The zero-order valence-electron chi connectivity index (χ0n) is 14.9. The van der Waals surface area contributed by atoms with Crippen molar-refractivity contribution in [3.63, 3.8) is 0 Å². The number of nitrogens with one attached hydrogen (secondary N) is 1. The summed E-state index contributed by atoms with van der Waals surface area (Å²) in [6.07, 6.45) is 1.73. The number of fused-ring (bicyclic) bond motifs is 1. The first kappa shape index (κ1) is 19.0. The van der Waals surface area contributed by atoms with Crippen molar-refractivity contribution in [1.82, 2.24) is 9.97 Å². The summed E-state index contributed by atoms with van der Waals surface area (Å²) in [5.41, 5.74) is 3.10. The molecule has 0 saturated carbocycles. The number of aliphatic carboxylic acids is 1. The number of anilines is 1. The highest BCUT2D eigenvalue weighted by atomic mass is 32.2. The SMILES string of the molecule is CN(Sc1cccs1)c1cccc2cc(-c3ncc(COCC(=O)O)s3)[nH]c12. The number of hydrogen-bond acceptors (Lipinski definition) is 7. The molecular formula is C19H17N3O3S3. The minimum atomic E-state index is -0.975. The van der Waals surface area contributed by atoms with Gasteiger partial charge in [-0.1, -0.05) is 18.2 Å². The largest absolute Gasteiger partial charge is 0.480 e. The quantitative estimate of drug-likeness (QED) is 0.378. The number of benzene rings is 1. The van der Waals surface area contributed by atoms with E-state index in [4.69, 9.17) is 9.84 Å². The Bertz CT molecular complexity index is 1090. The summed E-state index contributed by atoms with van der Waals surface area (Å²) in [5.74, 6) is -0.975. The lowest BCUT2D eigenvalue weighted by Crippen LogP contribution is -2.05. The van der Waals surface area contributed by atoms with Crippen molar-refractivity contribution < 1.29 is 14.6 Å². The Labute approximate surface area is 173 Å². The summed E-state index contributed by atoms with van der Waals surface area (Å²) in [4.78, 5) is 19.4. The third-order valence-corrected chi connectivity index (χ3v) is 6.91. The van der Waals surface area contributed by atoms with Gasteiger partial charge in [-0.2, -0.15) is 0 Å². The lowest BCUT2D eigenvalue weighted by molar-refractivity contribution is -0.142. The Hall–Kier alpha value is -2.33. The number of carboxylic acid groups (broad SMARTS) is 1. The van der Waals surface area contributed by atoms with E-state index in [0.717, 1.165) is 32.2 Å². The maximum Gasteiger partial charge on any atom is 0.329 e. The van der Waals surface area contributed by atoms with Gasteiger partial charge in [0.25, 0.3) is 0 Å². The van der Waals surface area contributed by atoms with Crippen LogP contribution in [-0.2, 0) is 16.1 Å². The number of thiazole rings is 1. The van der Waals surface area contributed by atoms with Crippen molar-refractivity contribution >= 4 is 57.2 Å². The van der Waals surface area contributed by atoms with Crippen molar-refractivity contribution in [2.45, 2.75) is 10.8 Å². The van der Waals surface area contributed by atoms with Gasteiger partial charge in [0, 0.05) is 18.6 Å². The molecule has 0 unspecified atom stereocenters. The second kappa shape index (κ2) is 8.36. The van der Waals surface area contributed by atoms with Crippen LogP contribution < -0.4 is 4.31 Å². The molecule has 0 bridgehead atoms. The molecule has 0 amide bonds. The maximum absolute atomic E-state index is 10.6. The van der Waals surface area contributed by atoms with E-state index in [-0.39, 0.29) is 13.2 Å². The molecule has 0 atom stereocenters. The minimum absolute atomic E-state index is 0.246. The molecule has 0 radical (unpaired) electrons. The van der Waals surface area contributed by atoms with Gasteiger partial charge >= 0.3 is 5.97 Å². The molecule has 0 aliphatic heterocycles. The third-order valence-electron chi connectivity index (χ3n) is 3.95. The van der Waals surface area contributed by atoms with Crippen LogP contribution in [0.3, 0.4) is 0 Å². The van der Waals surface area contributed by atoms with E-state index in [2.05, 4.69) is 51.0 Å². The van der Waals surface area contributed by atoms with Gasteiger partial charge in [0.15, 0.2) is 0 Å². The number of hydrogen-bond donors (Lipinski definition) is 2. The predicted molar refractivity (Wildman–Crippen MR) is 115 cm³/mol. The molecule has 6 nitrogen and oxygen atoms in total. The van der Waals surface area contributed by atoms with Gasteiger partial charge in [-0.25, -0.2) is 9.78 Å². The highest BCUT2D eigenvalue weighted by Crippen LogP contribution is 2.36. The molecule has 4 rings (SSSR count). The second-order valence-corrected chi connectivity index (χ2v) is 9.45. The van der Waals surface area contributed by atoms with Crippen molar-refractivity contribution in [2.24, 2.45) is 0 Å². The van der Waals surface area contributed by atoms with E-state index in [0.29, 0.717) is 0 Å². The van der Waals surface area contributed by atoms with Gasteiger partial charge in [0.1, 0.15) is 11.6 Å². The number of carbonyl (C=O) groups is 1. The molecule has 9 heteroatoms. The smallest absolute Gasteiger partial charge is 0.329 e. The summed E-state index contributed by atoms with van der Waals surface area (Å²) in [6.45, 7) is -0.0626. The van der Waals surface area contributed by atoms with Gasteiger partial charge in [-0.05, 0) is 35.5 Å². The molecule has 0 saturated heterocycles. The molecular weight excluding hydrogens is 414 g/mol. The maximum atomic E-state index is 10.6. The lowest BCUT2D eigenvalue weighted by atomic mass is 10.2. The second-order valence-electron chi connectivity index (χ2n) is 5.96. The van der Waals surface area contributed by atoms with E-state index in [1.54, 1.807) is 29.5 Å². The van der Waals surface area contributed by atoms with Crippen LogP contribution in [0.4, 0.5) is 5.69 Å². The Kier molecular flexibility index (Phi) is 5.67. The normalized spacial score (nSPS) is 11.2. The van der Waals surface area contributed by atoms with Crippen LogP contribution >= 0.6 is 34.6 Å². The fourth-order valence-corrected chi connectivity index (χ4v) is 5.36. The van der Waals surface area contributed by atoms with Crippen molar-refractivity contribution in [3.8, 4) is 10.7 Å². The number of ether oxygens (including phenoxy) is 1. The first-order chi connectivity index (χ1) is 13.6. The molecule has 3 aromatic heterocycles. The van der Waals surface area contributed by atoms with Crippen LogP contribution in [0.2, 0.25) is 0 Å². The van der Waals surface area contributed by atoms with E-state index in [9.17, 15) is 4.79 Å². The van der Waals surface area contributed by atoms with Gasteiger partial charge in [0.2, 0.25) is 0 Å². The van der Waals surface area contributed by atoms with Gasteiger partial charge in [-0.15, -0.1) is 22.7 Å². The minimum Gasteiger partial charge on any atom is -0.480 e. The van der Waals surface area contributed by atoms with E-state index >= 15 is 0 Å². The fourth-order valence-electron chi connectivity index (χ4n) is 2.76. The van der Waals surface area contributed by atoms with Gasteiger partial charge < -0.3 is 19.1 Å². The number of carboxylic acids is 1. The van der Waals surface area contributed by atoms with Crippen molar-refractivity contribution in [1.29, 1.82) is 0 Å². The zero-order valence-corrected chi connectivity index (χ0v) is 17.4. The number of aromatic nitrogens is 2. The number of aromatic amines is 1. The van der Waals surface area contributed by atoms with Crippen LogP contribution in [0, 0.1) is 0 Å². The van der Waals surface area contributed by atoms with E-state index in [1.807, 2.05) is 12.1 Å². The first-order valence-electron chi connectivity index (χ1n) is 8.41. The fraction of sp³-hybridized carbons (Fsp3) is 0.158. The number of H-pyrrole nitrogens is 1. The molecule has 0 aliphatic rings. The van der Waals surface area contributed by atoms with Crippen molar-refractivity contribution in [2.75, 3.05) is 18.0 Å². The van der Waals surface area contributed by atoms with Crippen LogP contribution in [0.25, 0.3) is 21.6 Å². The molecule has 144 valence electrons. The first-order valence-corrected chi connectivity index (χ1v) is 10.9. The Morgan fingerprint density at radius 3 is 3.04 bits per heavy atom. The number of nitrogens with zero attached hydrogens (tertiary/aromatic N) is 2. The molecule has 3 heterocycles. The molecule has 0 spiro atoms. The lowest BCUT2D eigenvalue weighted by Gasteiger charge is -2.17. The number of thiophene rings is 1. The predicted octanol–water partition coefficient (Wildman–Crippen LogP) is 5.10. The summed E-state index contributed by atoms with van der Waals surface area (Å²) >= 11 is 4.91. The topological polar surface area (TPSA) is 78.5 Å². The Balaban J connectivity index is 1.56. The van der Waals surface area contributed by atoms with Crippen LogP contribution in [0.1, 0.15) is 4.88 Å². The average molecular weight is 432 g/mol. The molecule has 2 N–H and O–H groups in total.